The topological polar surface area (TPSA) is 248 Å². The Hall–Kier alpha value is -16.3. The number of hydrogen-bond donors (Lipinski definition) is 0. The van der Waals surface area contributed by atoms with Crippen molar-refractivity contribution in [3.8, 4) is 57.2 Å². The molecule has 23 rings (SSSR count). The van der Waals surface area contributed by atoms with Gasteiger partial charge < -0.3 is 69.8 Å². The molecule has 1 atom stereocenters. The number of imidazole rings is 4. The molecule has 5 saturated heterocycles. The predicted molar refractivity (Wildman–Crippen MR) is 543 cm³/mol. The van der Waals surface area contributed by atoms with Gasteiger partial charge in [0.2, 0.25) is 6.79 Å². The van der Waals surface area contributed by atoms with Crippen molar-refractivity contribution in [2.24, 2.45) is 20.0 Å². The van der Waals surface area contributed by atoms with Crippen LogP contribution in [0.15, 0.2) is 292 Å². The highest BCUT2D eigenvalue weighted by Gasteiger charge is 2.68. The minimum Gasteiger partial charge on any atom is -0.495 e. The summed E-state index contributed by atoms with van der Waals surface area (Å²) in [4.78, 5) is 34.8. The number of ether oxygens (including phenoxy) is 10. The van der Waals surface area contributed by atoms with Gasteiger partial charge >= 0.3 is 20.7 Å². The standard InChI is InChI=1S/C29H26FN5O2.C27H26FN5O4.C25H26F5N5O3S.C23H22F5N5O2S/c1-20-18-33(19-31-20)25-13-8-21(16-26(25)36-2)17-27-29-32-28(22-6-4-3-5-7-22)35(34(29)14-15-37-27)24-11-9-23(30)10-12-24;1-18-15-31(16-29-18)22-7-2-19(24-25(22)37-17-36-24)14-23-26-30-27(8-11-34-12-9-27)33(32(26)10-13-35-23)21-5-3-20(28)4-6-21;1-17-15-33(16-31-17)21-10-5-18(13-22(21)36-4)14-23-24-32-25(2,3)35(34(24)11-12-37-23)19-6-8-20(9-7-19)38-39(26,27,28,29)30;1-16-13-31(14-29-16)20-8-3-17(11-21(20)34-2)12-22-23-30-15-33(32(23)9-10-35-22)18-4-6-19(7-5-18)36(24,25,26,27)28/h3-13,16-19,28H,14-15H2,1-2H3;2-7,14-16H,8-13,17H2,1H3;5-10,13-16H,11-12H2,1-4H3;3-8,11-14H,9-10,15H2,1-2H3/b27-17-;2*23-14-;22-12-. The molecule has 31 nitrogen and oxygen atoms in total. The first kappa shape index (κ1) is 100.0. The fourth-order valence-electron chi connectivity index (χ4n) is 18.7. The van der Waals surface area contributed by atoms with Crippen molar-refractivity contribution in [1.29, 1.82) is 0 Å². The molecular formula is C104H100F12N20O11S2. The van der Waals surface area contributed by atoms with E-state index in [1.807, 2.05) is 193 Å². The van der Waals surface area contributed by atoms with Gasteiger partial charge in [-0.2, -0.15) is 0 Å². The van der Waals surface area contributed by atoms with E-state index in [1.165, 1.54) is 36.4 Å². The molecule has 0 amide bonds. The molecule has 4 aromatic heterocycles. The zero-order valence-corrected chi connectivity index (χ0v) is 83.3. The van der Waals surface area contributed by atoms with Gasteiger partial charge in [-0.15, -0.1) is 0 Å². The molecule has 13 aromatic rings. The zero-order valence-electron chi connectivity index (χ0n) is 81.7. The number of aryl methyl sites for hydroxylation is 4. The van der Waals surface area contributed by atoms with E-state index in [9.17, 15) is 47.6 Å². The van der Waals surface area contributed by atoms with E-state index in [4.69, 9.17) is 62.3 Å². The smallest absolute Gasteiger partial charge is 0.435 e. The molecule has 45 heteroatoms. The molecule has 10 aliphatic rings. The zero-order chi connectivity index (χ0) is 104. The Labute approximate surface area is 848 Å². The van der Waals surface area contributed by atoms with E-state index in [-0.39, 0.29) is 31.3 Å². The van der Waals surface area contributed by atoms with Crippen molar-refractivity contribution in [2.45, 2.75) is 76.8 Å². The molecule has 0 radical (unpaired) electrons. The van der Waals surface area contributed by atoms with Gasteiger partial charge in [0.05, 0.1) is 154 Å². The van der Waals surface area contributed by atoms with Gasteiger partial charge in [0, 0.05) is 43.2 Å². The summed E-state index contributed by atoms with van der Waals surface area (Å²) in [7, 11) is -15.0. The SMILES string of the molecule is COc1cc(/C=C2\OCCN3C2=NC(C)(C)N3c2ccc(OS(F)(F)(F)(F)F)cc2)ccc1-n1cnc(C)c1.COc1cc(/C=C2\OCCN3C2=NC(c2ccccc2)N3c2ccc(F)cc2)ccc1-n1cnc(C)c1.COc1cc(/C=C2\OCCN3C2=NCN3c2ccc(S(F)(F)(F)(F)F)cc2)ccc1-n1cnc(C)c1.Cc1cn(-c2ccc(/C=C3\OCCN4C3=NC3(CCOCC3)N4c3ccc(F)cc3)c3c2OCO3)cn1. The van der Waals surface area contributed by atoms with Crippen molar-refractivity contribution >= 4 is 91.1 Å². The Kier molecular flexibility index (Phi) is 25.4. The Morgan fingerprint density at radius 3 is 1.30 bits per heavy atom. The van der Waals surface area contributed by atoms with Crippen molar-refractivity contribution in [2.75, 3.05) is 121 Å². The maximum atomic E-state index is 13.8. The lowest BCUT2D eigenvalue weighted by Gasteiger charge is -2.45. The van der Waals surface area contributed by atoms with E-state index in [2.05, 4.69) is 61.3 Å². The van der Waals surface area contributed by atoms with Gasteiger partial charge in [0.15, 0.2) is 69.7 Å². The Morgan fingerprint density at radius 1 is 0.396 bits per heavy atom. The number of rotatable bonds is 19. The minimum atomic E-state index is -10.1. The van der Waals surface area contributed by atoms with Gasteiger partial charge in [-0.05, 0) is 234 Å². The number of morpholine rings is 4. The van der Waals surface area contributed by atoms with Gasteiger partial charge in [-0.3, -0.25) is 40.1 Å². The summed E-state index contributed by atoms with van der Waals surface area (Å²) in [6.07, 6.45) is 23.3. The molecule has 10 aliphatic heterocycles. The number of hydrogen-bond acceptors (Lipinski definition) is 27. The number of aliphatic imine (C=N–C) groups is 4. The summed E-state index contributed by atoms with van der Waals surface area (Å²) in [5.74, 6) is 6.55. The minimum absolute atomic E-state index is 0.105. The molecule has 1 spiro atoms. The fourth-order valence-corrected chi connectivity index (χ4v) is 19.8. The first-order valence-corrected chi connectivity index (χ1v) is 50.9. The Morgan fingerprint density at radius 2 is 0.819 bits per heavy atom. The number of amidine groups is 4. The van der Waals surface area contributed by atoms with Crippen LogP contribution in [0.4, 0.5) is 70.4 Å². The predicted octanol–water partition coefficient (Wildman–Crippen LogP) is 22.9. The highest BCUT2D eigenvalue weighted by Crippen LogP contribution is 3.02. The first-order chi connectivity index (χ1) is 71.0. The highest BCUT2D eigenvalue weighted by atomic mass is 32.5. The third-order valence-electron chi connectivity index (χ3n) is 25.3. The maximum Gasteiger partial charge on any atom is 0.435 e. The van der Waals surface area contributed by atoms with Gasteiger partial charge in [-0.1, -0.05) is 87.4 Å². The van der Waals surface area contributed by atoms with E-state index < -0.39 is 42.7 Å². The van der Waals surface area contributed by atoms with Crippen LogP contribution >= 0.6 is 20.7 Å². The number of halogens is 12. The molecular weight excluding hydrogens is 2000 g/mol. The van der Waals surface area contributed by atoms with Crippen LogP contribution in [-0.4, -0.2) is 194 Å². The lowest BCUT2D eigenvalue weighted by Crippen LogP contribution is -2.56. The number of aromatic nitrogens is 8. The molecule has 5 fully saturated rings. The number of benzene rings is 9. The molecule has 0 N–H and O–H groups in total. The lowest BCUT2D eigenvalue weighted by molar-refractivity contribution is 0.0437. The molecule has 0 aliphatic carbocycles. The molecule has 14 heterocycles. The summed E-state index contributed by atoms with van der Waals surface area (Å²) in [5, 5.41) is 15.5. The van der Waals surface area contributed by atoms with Crippen LogP contribution in [0.5, 0.6) is 34.5 Å². The van der Waals surface area contributed by atoms with Crippen LogP contribution in [0.2, 0.25) is 0 Å². The van der Waals surface area contributed by atoms with E-state index in [0.717, 1.165) is 139 Å². The van der Waals surface area contributed by atoms with Crippen LogP contribution in [0.1, 0.15) is 83.4 Å². The second-order valence-corrected chi connectivity index (χ2v) is 40.6. The second kappa shape index (κ2) is 37.9. The summed E-state index contributed by atoms with van der Waals surface area (Å²) >= 11 is 0. The maximum absolute atomic E-state index is 13.8. The summed E-state index contributed by atoms with van der Waals surface area (Å²) < 4.78 is 226. The molecule has 9 aromatic carbocycles. The third kappa shape index (κ3) is 21.4. The van der Waals surface area contributed by atoms with E-state index in [1.54, 1.807) is 92.0 Å². The van der Waals surface area contributed by atoms with Crippen molar-refractivity contribution < 1.29 is 99.2 Å². The number of fused-ring (bicyclic) bond motifs is 5. The quantitative estimate of drug-likeness (QED) is 0.0682. The summed E-state index contributed by atoms with van der Waals surface area (Å²) in [6.45, 7) is 16.4. The number of hydrazine groups is 4. The van der Waals surface area contributed by atoms with Crippen LogP contribution in [-0.2, 0) is 23.7 Å². The monoisotopic (exact) mass is 2100 g/mol. The van der Waals surface area contributed by atoms with Crippen LogP contribution in [0.3, 0.4) is 0 Å². The van der Waals surface area contributed by atoms with Crippen molar-refractivity contribution in [3.05, 3.63) is 329 Å². The summed E-state index contributed by atoms with van der Waals surface area (Å²) in [6, 6.07) is 51.5. The largest absolute Gasteiger partial charge is 0.495 e. The second-order valence-electron chi connectivity index (χ2n) is 36.2. The lowest BCUT2D eigenvalue weighted by atomic mass is 10.00. The van der Waals surface area contributed by atoms with Gasteiger partial charge in [0.1, 0.15) is 78.3 Å². The van der Waals surface area contributed by atoms with Crippen LogP contribution in [0.25, 0.3) is 47.1 Å². The van der Waals surface area contributed by atoms with Crippen molar-refractivity contribution in [3.63, 3.8) is 0 Å². The molecule has 149 heavy (non-hydrogen) atoms. The fraction of sp³-hybridized carbons (Fsp3) is 0.250. The summed E-state index contributed by atoms with van der Waals surface area (Å²) in [5.41, 5.74) is 12.5. The average Bonchev–Trinajstić information content (AvgIpc) is 1.71. The molecule has 0 bridgehead atoms. The Bertz CT molecular complexity index is 7540. The first-order valence-electron chi connectivity index (χ1n) is 47.1. The average molecular weight is 2100 g/mol. The van der Waals surface area contributed by atoms with Crippen molar-refractivity contribution in [1.82, 2.24) is 58.2 Å². The van der Waals surface area contributed by atoms with Gasteiger partial charge in [-0.25, -0.2) is 48.7 Å². The molecule has 778 valence electrons. The van der Waals surface area contributed by atoms with Crippen LogP contribution < -0.4 is 47.9 Å². The normalized spacial score (nSPS) is 19.3. The molecule has 0 saturated carbocycles. The third-order valence-corrected chi connectivity index (χ3v) is 27.0. The van der Waals surface area contributed by atoms with Gasteiger partial charge in [0.25, 0.3) is 0 Å². The number of nitrogens with zero attached hydrogens (tertiary/aromatic N) is 20. The van der Waals surface area contributed by atoms with Crippen LogP contribution in [0, 0.1) is 39.3 Å². The number of methoxy groups -OCH3 is 3. The Balaban J connectivity index is 0.000000120. The highest BCUT2D eigenvalue weighted by molar-refractivity contribution is 8.45. The molecule has 1 unspecified atom stereocenters. The van der Waals surface area contributed by atoms with E-state index in [0.29, 0.717) is 147 Å². The van der Waals surface area contributed by atoms with E-state index >= 15 is 0 Å². The number of anilines is 4.